The van der Waals surface area contributed by atoms with Crippen LogP contribution in [0.1, 0.15) is 13.8 Å². The molecule has 0 aromatic heterocycles. The quantitative estimate of drug-likeness (QED) is 0.673. The van der Waals surface area contributed by atoms with Gasteiger partial charge in [0.25, 0.3) is 0 Å². The molecular formula is C12H21N3O2. The van der Waals surface area contributed by atoms with Gasteiger partial charge in [0.05, 0.1) is 5.92 Å². The van der Waals surface area contributed by atoms with Crippen LogP contribution in [0, 0.1) is 11.8 Å². The Balaban J connectivity index is 1.88. The van der Waals surface area contributed by atoms with Crippen LogP contribution >= 0.6 is 0 Å². The summed E-state index contributed by atoms with van der Waals surface area (Å²) in [6, 6.07) is 0. The van der Waals surface area contributed by atoms with E-state index in [4.69, 9.17) is 0 Å². The van der Waals surface area contributed by atoms with E-state index in [2.05, 4.69) is 12.2 Å². The average molecular weight is 239 g/mol. The fourth-order valence-corrected chi connectivity index (χ4v) is 2.62. The highest BCUT2D eigenvalue weighted by molar-refractivity contribution is 5.80. The van der Waals surface area contributed by atoms with E-state index in [0.717, 1.165) is 13.1 Å². The van der Waals surface area contributed by atoms with Crippen molar-refractivity contribution in [1.29, 1.82) is 0 Å². The Hall–Kier alpha value is -1.10. The molecule has 0 unspecified atom stereocenters. The molecule has 0 spiro atoms. The molecule has 2 heterocycles. The molecule has 2 fully saturated rings. The molecular weight excluding hydrogens is 218 g/mol. The van der Waals surface area contributed by atoms with Crippen molar-refractivity contribution in [3.8, 4) is 0 Å². The van der Waals surface area contributed by atoms with E-state index in [9.17, 15) is 9.59 Å². The van der Waals surface area contributed by atoms with Crippen LogP contribution in [0.5, 0.6) is 0 Å². The van der Waals surface area contributed by atoms with Crippen molar-refractivity contribution in [1.82, 2.24) is 15.1 Å². The molecule has 2 aliphatic heterocycles. The number of hydrogen-bond donors (Lipinski definition) is 1. The highest BCUT2D eigenvalue weighted by Crippen LogP contribution is 2.19. The number of carbonyl (C=O) groups excluding carboxylic acids is 2. The topological polar surface area (TPSA) is 52.7 Å². The molecule has 2 atom stereocenters. The molecule has 0 radical (unpaired) electrons. The highest BCUT2D eigenvalue weighted by atomic mass is 16.2. The second-order valence-electron chi connectivity index (χ2n) is 5.07. The van der Waals surface area contributed by atoms with Crippen molar-refractivity contribution in [2.45, 2.75) is 13.8 Å². The van der Waals surface area contributed by atoms with Gasteiger partial charge in [-0.3, -0.25) is 9.59 Å². The molecule has 96 valence electrons. The predicted octanol–water partition coefficient (Wildman–Crippen LogP) is -0.467. The largest absolute Gasteiger partial charge is 0.339 e. The number of amides is 2. The number of rotatable bonds is 1. The van der Waals surface area contributed by atoms with Gasteiger partial charge in [0.2, 0.25) is 11.8 Å². The van der Waals surface area contributed by atoms with E-state index in [0.29, 0.717) is 32.1 Å². The van der Waals surface area contributed by atoms with E-state index in [-0.39, 0.29) is 17.7 Å². The molecule has 0 aromatic rings. The maximum atomic E-state index is 12.3. The molecule has 0 aromatic carbocycles. The zero-order valence-corrected chi connectivity index (χ0v) is 10.6. The lowest BCUT2D eigenvalue weighted by atomic mass is 9.96. The second-order valence-corrected chi connectivity index (χ2v) is 5.07. The summed E-state index contributed by atoms with van der Waals surface area (Å²) in [5.74, 6) is 0.908. The molecule has 0 saturated carbocycles. The Bertz CT molecular complexity index is 311. The molecule has 2 saturated heterocycles. The van der Waals surface area contributed by atoms with Crippen LogP contribution in [0.15, 0.2) is 0 Å². The van der Waals surface area contributed by atoms with Gasteiger partial charge in [0.1, 0.15) is 0 Å². The Morgan fingerprint density at radius 2 is 1.65 bits per heavy atom. The zero-order valence-electron chi connectivity index (χ0n) is 10.6. The van der Waals surface area contributed by atoms with Gasteiger partial charge in [-0.25, -0.2) is 0 Å². The molecule has 0 bridgehead atoms. The summed E-state index contributed by atoms with van der Waals surface area (Å²) >= 11 is 0. The lowest BCUT2D eigenvalue weighted by molar-refractivity contribution is -0.141. The van der Waals surface area contributed by atoms with Gasteiger partial charge in [0, 0.05) is 39.6 Å². The highest BCUT2D eigenvalue weighted by Gasteiger charge is 2.34. The van der Waals surface area contributed by atoms with Gasteiger partial charge >= 0.3 is 0 Å². The average Bonchev–Trinajstić information content (AvgIpc) is 2.74. The van der Waals surface area contributed by atoms with Crippen LogP contribution in [-0.4, -0.2) is 60.9 Å². The lowest BCUT2D eigenvalue weighted by Gasteiger charge is -2.36. The maximum Gasteiger partial charge on any atom is 0.227 e. The monoisotopic (exact) mass is 239 g/mol. The number of piperazine rings is 1. The molecule has 5 heteroatoms. The molecule has 2 rings (SSSR count). The summed E-state index contributed by atoms with van der Waals surface area (Å²) in [6.45, 7) is 8.15. The summed E-state index contributed by atoms with van der Waals surface area (Å²) in [5, 5.41) is 3.26. The Labute approximate surface area is 102 Å². The van der Waals surface area contributed by atoms with Crippen molar-refractivity contribution in [3.05, 3.63) is 0 Å². The molecule has 17 heavy (non-hydrogen) atoms. The number of nitrogens with one attached hydrogen (secondary N) is 1. The van der Waals surface area contributed by atoms with Gasteiger partial charge in [-0.05, 0) is 12.5 Å². The first kappa shape index (κ1) is 12.4. The van der Waals surface area contributed by atoms with E-state index in [1.807, 2.05) is 4.90 Å². The Kier molecular flexibility index (Phi) is 3.66. The van der Waals surface area contributed by atoms with Crippen LogP contribution < -0.4 is 5.32 Å². The van der Waals surface area contributed by atoms with Crippen LogP contribution in [0.3, 0.4) is 0 Å². The van der Waals surface area contributed by atoms with E-state index < -0.39 is 0 Å². The molecule has 2 amide bonds. The third-order valence-electron chi connectivity index (χ3n) is 3.87. The summed E-state index contributed by atoms with van der Waals surface area (Å²) in [5.41, 5.74) is 0. The van der Waals surface area contributed by atoms with Crippen molar-refractivity contribution in [2.24, 2.45) is 11.8 Å². The van der Waals surface area contributed by atoms with Crippen molar-refractivity contribution >= 4 is 11.8 Å². The van der Waals surface area contributed by atoms with E-state index >= 15 is 0 Å². The minimum atomic E-state index is 0.105. The summed E-state index contributed by atoms with van der Waals surface area (Å²) in [4.78, 5) is 27.2. The van der Waals surface area contributed by atoms with Crippen LogP contribution in [0.25, 0.3) is 0 Å². The van der Waals surface area contributed by atoms with Crippen LogP contribution in [0.4, 0.5) is 0 Å². The standard InChI is InChI=1S/C12H21N3O2/c1-9-7-13-8-11(9)12(17)15-5-3-14(4-6-15)10(2)16/h9,11,13H,3-8H2,1-2H3/t9-,11-/m1/s1. The van der Waals surface area contributed by atoms with Crippen molar-refractivity contribution in [2.75, 3.05) is 39.3 Å². The smallest absolute Gasteiger partial charge is 0.227 e. The zero-order chi connectivity index (χ0) is 12.4. The SMILES string of the molecule is CC(=O)N1CCN(C(=O)[C@@H]2CNC[C@H]2C)CC1. The molecule has 5 nitrogen and oxygen atoms in total. The van der Waals surface area contributed by atoms with Gasteiger partial charge < -0.3 is 15.1 Å². The fraction of sp³-hybridized carbons (Fsp3) is 0.833. The number of nitrogens with zero attached hydrogens (tertiary/aromatic N) is 2. The Morgan fingerprint density at radius 3 is 2.12 bits per heavy atom. The normalized spacial score (nSPS) is 29.5. The van der Waals surface area contributed by atoms with E-state index in [1.54, 1.807) is 11.8 Å². The lowest BCUT2D eigenvalue weighted by Crippen LogP contribution is -2.52. The fourth-order valence-electron chi connectivity index (χ4n) is 2.62. The second kappa shape index (κ2) is 5.04. The Morgan fingerprint density at radius 1 is 1.06 bits per heavy atom. The molecule has 2 aliphatic rings. The minimum absolute atomic E-state index is 0.105. The first-order chi connectivity index (χ1) is 8.09. The van der Waals surface area contributed by atoms with Crippen molar-refractivity contribution < 1.29 is 9.59 Å². The molecule has 1 N–H and O–H groups in total. The third-order valence-corrected chi connectivity index (χ3v) is 3.87. The summed E-state index contributed by atoms with van der Waals surface area (Å²) in [7, 11) is 0. The maximum absolute atomic E-state index is 12.3. The first-order valence-corrected chi connectivity index (χ1v) is 6.34. The first-order valence-electron chi connectivity index (χ1n) is 6.34. The van der Waals surface area contributed by atoms with Gasteiger partial charge in [-0.15, -0.1) is 0 Å². The molecule has 0 aliphatic carbocycles. The van der Waals surface area contributed by atoms with Crippen molar-refractivity contribution in [3.63, 3.8) is 0 Å². The van der Waals surface area contributed by atoms with Crippen LogP contribution in [-0.2, 0) is 9.59 Å². The summed E-state index contributed by atoms with van der Waals surface area (Å²) in [6.07, 6.45) is 0. The predicted molar refractivity (Wildman–Crippen MR) is 64.4 cm³/mol. The number of carbonyl (C=O) groups is 2. The van der Waals surface area contributed by atoms with Gasteiger partial charge in [-0.1, -0.05) is 6.92 Å². The van der Waals surface area contributed by atoms with Crippen LogP contribution in [0.2, 0.25) is 0 Å². The van der Waals surface area contributed by atoms with Gasteiger partial charge in [0.15, 0.2) is 0 Å². The third kappa shape index (κ3) is 2.60. The number of hydrogen-bond acceptors (Lipinski definition) is 3. The summed E-state index contributed by atoms with van der Waals surface area (Å²) < 4.78 is 0. The van der Waals surface area contributed by atoms with E-state index in [1.165, 1.54) is 0 Å². The minimum Gasteiger partial charge on any atom is -0.339 e. The van der Waals surface area contributed by atoms with Gasteiger partial charge in [-0.2, -0.15) is 0 Å².